The molecule has 166 valence electrons. The van der Waals surface area contributed by atoms with Crippen LogP contribution in [0.1, 0.15) is 58.2 Å². The molecule has 6 heteroatoms. The molecule has 1 N–H and O–H groups in total. The summed E-state index contributed by atoms with van der Waals surface area (Å²) < 4.78 is 11.7. The molecule has 5 nitrogen and oxygen atoms in total. The Bertz CT molecular complexity index is 1050. The van der Waals surface area contributed by atoms with Gasteiger partial charge in [-0.1, -0.05) is 81.4 Å². The summed E-state index contributed by atoms with van der Waals surface area (Å²) in [6, 6.07) is 24.0. The van der Waals surface area contributed by atoms with Crippen molar-refractivity contribution in [1.82, 2.24) is 0 Å². The number of benzene rings is 3. The monoisotopic (exact) mass is 448 g/mol. The van der Waals surface area contributed by atoms with E-state index in [9.17, 15) is 14.7 Å². The van der Waals surface area contributed by atoms with E-state index < -0.39 is 27.3 Å². The smallest absolute Gasteiger partial charge is 0.337 e. The third-order valence-corrected chi connectivity index (χ3v) is 6.53. The zero-order valence-electron chi connectivity index (χ0n) is 18.8. The summed E-state index contributed by atoms with van der Waals surface area (Å²) in [6.07, 6.45) is 0. The standard InChI is InChI=1S/C26H28O5Si/c1-25(2,3)32-31-26(20-11-7-5-8-12-20,21-13-9-6-10-14-21)22-16-18(23(27)28)15-19(17-22)24(29)30-4/h5-17H,32H2,1-4H3,(H,27,28). The van der Waals surface area contributed by atoms with Gasteiger partial charge in [-0.2, -0.15) is 0 Å². The van der Waals surface area contributed by atoms with Crippen LogP contribution in [0.4, 0.5) is 0 Å². The minimum Gasteiger partial charge on any atom is -0.478 e. The lowest BCUT2D eigenvalue weighted by atomic mass is 9.79. The van der Waals surface area contributed by atoms with Crippen LogP contribution in [0.2, 0.25) is 5.04 Å². The average molecular weight is 449 g/mol. The number of rotatable bonds is 7. The topological polar surface area (TPSA) is 72.8 Å². The summed E-state index contributed by atoms with van der Waals surface area (Å²) in [4.78, 5) is 24.4. The molecule has 0 fully saturated rings. The molecule has 3 rings (SSSR count). The van der Waals surface area contributed by atoms with E-state index in [1.54, 1.807) is 12.1 Å². The van der Waals surface area contributed by atoms with Crippen molar-refractivity contribution in [3.8, 4) is 0 Å². The van der Waals surface area contributed by atoms with Crippen LogP contribution in [0.5, 0.6) is 0 Å². The number of aromatic carboxylic acids is 1. The molecule has 0 aliphatic heterocycles. The van der Waals surface area contributed by atoms with Crippen LogP contribution >= 0.6 is 0 Å². The fraction of sp³-hybridized carbons (Fsp3) is 0.231. The Morgan fingerprint density at radius 1 is 0.781 bits per heavy atom. The molecule has 0 atom stereocenters. The lowest BCUT2D eigenvalue weighted by Crippen LogP contribution is -2.36. The zero-order valence-corrected chi connectivity index (χ0v) is 20.2. The van der Waals surface area contributed by atoms with E-state index in [-0.39, 0.29) is 16.2 Å². The molecule has 0 heterocycles. The van der Waals surface area contributed by atoms with Crippen molar-refractivity contribution in [1.29, 1.82) is 0 Å². The number of methoxy groups -OCH3 is 1. The second kappa shape index (κ2) is 9.50. The normalized spacial score (nSPS) is 12.1. The van der Waals surface area contributed by atoms with Gasteiger partial charge >= 0.3 is 11.9 Å². The molecular formula is C26H28O5Si. The van der Waals surface area contributed by atoms with E-state index in [0.717, 1.165) is 11.1 Å². The fourth-order valence-electron chi connectivity index (χ4n) is 3.61. The van der Waals surface area contributed by atoms with E-state index in [0.29, 0.717) is 5.56 Å². The fourth-order valence-corrected chi connectivity index (χ4v) is 4.76. The highest BCUT2D eigenvalue weighted by Crippen LogP contribution is 2.42. The Morgan fingerprint density at radius 3 is 1.72 bits per heavy atom. The SMILES string of the molecule is COC(=O)c1cc(C(=O)O)cc(C(O[SiH2]C(C)(C)C)(c2ccccc2)c2ccccc2)c1. The summed E-state index contributed by atoms with van der Waals surface area (Å²) in [5.41, 5.74) is 1.39. The number of carboxylic acids is 1. The largest absolute Gasteiger partial charge is 0.478 e. The highest BCUT2D eigenvalue weighted by Gasteiger charge is 2.39. The predicted octanol–water partition coefficient (Wildman–Crippen LogP) is 4.78. The second-order valence-electron chi connectivity index (χ2n) is 8.86. The van der Waals surface area contributed by atoms with Crippen molar-refractivity contribution < 1.29 is 23.9 Å². The van der Waals surface area contributed by atoms with Crippen molar-refractivity contribution in [2.75, 3.05) is 7.11 Å². The number of ether oxygens (including phenoxy) is 1. The molecule has 3 aromatic carbocycles. The maximum atomic E-state index is 12.4. The molecule has 0 radical (unpaired) electrons. The van der Waals surface area contributed by atoms with Gasteiger partial charge in [0.05, 0.1) is 18.2 Å². The number of hydrogen-bond acceptors (Lipinski definition) is 4. The number of carbonyl (C=O) groups excluding carboxylic acids is 1. The van der Waals surface area contributed by atoms with Crippen LogP contribution in [0.15, 0.2) is 78.9 Å². The van der Waals surface area contributed by atoms with Gasteiger partial charge in [0.2, 0.25) is 0 Å². The van der Waals surface area contributed by atoms with Crippen LogP contribution in [0.3, 0.4) is 0 Å². The van der Waals surface area contributed by atoms with Gasteiger partial charge in [0.1, 0.15) is 5.60 Å². The van der Waals surface area contributed by atoms with Crippen LogP contribution in [0.25, 0.3) is 0 Å². The number of carboxylic acid groups (broad SMARTS) is 1. The van der Waals surface area contributed by atoms with Gasteiger partial charge in [0, 0.05) is 0 Å². The van der Waals surface area contributed by atoms with Crippen molar-refractivity contribution in [2.45, 2.75) is 31.4 Å². The average Bonchev–Trinajstić information content (AvgIpc) is 2.79. The number of esters is 1. The Kier molecular flexibility index (Phi) is 6.96. The zero-order chi connectivity index (χ0) is 23.4. The first-order chi connectivity index (χ1) is 15.2. The van der Waals surface area contributed by atoms with E-state index in [1.165, 1.54) is 13.2 Å². The maximum Gasteiger partial charge on any atom is 0.337 e. The van der Waals surface area contributed by atoms with Crippen LogP contribution in [0, 0.1) is 0 Å². The summed E-state index contributed by atoms with van der Waals surface area (Å²) in [5.74, 6) is -1.72. The van der Waals surface area contributed by atoms with E-state index in [4.69, 9.17) is 9.16 Å². The molecule has 32 heavy (non-hydrogen) atoms. The van der Waals surface area contributed by atoms with Gasteiger partial charge in [0.25, 0.3) is 0 Å². The highest BCUT2D eigenvalue weighted by atomic mass is 28.2. The van der Waals surface area contributed by atoms with Gasteiger partial charge in [-0.25, -0.2) is 9.59 Å². The first-order valence-corrected chi connectivity index (χ1v) is 11.7. The van der Waals surface area contributed by atoms with Gasteiger partial charge < -0.3 is 14.3 Å². The van der Waals surface area contributed by atoms with Crippen LogP contribution in [-0.2, 0) is 14.8 Å². The van der Waals surface area contributed by atoms with E-state index in [2.05, 4.69) is 20.8 Å². The Hall–Kier alpha value is -3.22. The van der Waals surface area contributed by atoms with Gasteiger partial charge in [0.15, 0.2) is 9.76 Å². The highest BCUT2D eigenvalue weighted by molar-refractivity contribution is 6.32. The molecule has 0 aliphatic carbocycles. The minimum absolute atomic E-state index is 0.000151. The molecule has 0 aromatic heterocycles. The van der Waals surface area contributed by atoms with Crippen molar-refractivity contribution in [2.24, 2.45) is 0 Å². The van der Waals surface area contributed by atoms with Gasteiger partial charge in [-0.15, -0.1) is 0 Å². The van der Waals surface area contributed by atoms with Crippen molar-refractivity contribution in [3.63, 3.8) is 0 Å². The minimum atomic E-state index is -1.12. The van der Waals surface area contributed by atoms with Crippen LogP contribution < -0.4 is 0 Å². The Balaban J connectivity index is 2.39. The summed E-state index contributed by atoms with van der Waals surface area (Å²) in [6.45, 7) is 6.40. The van der Waals surface area contributed by atoms with E-state index in [1.807, 2.05) is 60.7 Å². The molecule has 0 aliphatic rings. The molecule has 3 aromatic rings. The molecule has 0 bridgehead atoms. The third kappa shape index (κ3) is 4.98. The van der Waals surface area contributed by atoms with Crippen LogP contribution in [-0.4, -0.2) is 33.9 Å². The van der Waals surface area contributed by atoms with Crippen molar-refractivity contribution in [3.05, 3.63) is 107 Å². The predicted molar refractivity (Wildman–Crippen MR) is 127 cm³/mol. The molecule has 0 saturated carbocycles. The Morgan fingerprint density at radius 2 is 1.28 bits per heavy atom. The van der Waals surface area contributed by atoms with Gasteiger partial charge in [-0.05, 0) is 39.9 Å². The first-order valence-electron chi connectivity index (χ1n) is 10.4. The Labute approximate surface area is 191 Å². The maximum absolute atomic E-state index is 12.4. The summed E-state index contributed by atoms with van der Waals surface area (Å²) in [7, 11) is 0.160. The molecule has 0 amide bonds. The van der Waals surface area contributed by atoms with Gasteiger partial charge in [-0.3, -0.25) is 0 Å². The molecule has 0 unspecified atom stereocenters. The van der Waals surface area contributed by atoms with E-state index >= 15 is 0 Å². The summed E-state index contributed by atoms with van der Waals surface area (Å²) >= 11 is 0. The molecular weight excluding hydrogens is 420 g/mol. The first kappa shape index (κ1) is 23.4. The number of carbonyl (C=O) groups is 2. The van der Waals surface area contributed by atoms with Crippen molar-refractivity contribution >= 4 is 21.7 Å². The lowest BCUT2D eigenvalue weighted by molar-refractivity contribution is 0.0600. The lowest BCUT2D eigenvalue weighted by Gasteiger charge is -2.38. The summed E-state index contributed by atoms with van der Waals surface area (Å²) in [5, 5.41) is 9.75. The molecule has 0 spiro atoms. The quantitative estimate of drug-likeness (QED) is 0.320. The molecule has 0 saturated heterocycles. The third-order valence-electron chi connectivity index (χ3n) is 5.09. The number of hydrogen-bond donors (Lipinski definition) is 1. The second-order valence-corrected chi connectivity index (χ2v) is 11.6.